The van der Waals surface area contributed by atoms with Crippen LogP contribution in [0.4, 0.5) is 5.82 Å². The van der Waals surface area contributed by atoms with Crippen molar-refractivity contribution in [2.24, 2.45) is 0 Å². The molecule has 0 saturated carbocycles. The summed E-state index contributed by atoms with van der Waals surface area (Å²) in [5, 5.41) is 3.62. The molecule has 0 bridgehead atoms. The number of sulfone groups is 1. The molecule has 5 nitrogen and oxygen atoms in total. The second kappa shape index (κ2) is 4.22. The minimum atomic E-state index is -3.10. The third-order valence-electron chi connectivity index (χ3n) is 2.33. The van der Waals surface area contributed by atoms with Crippen molar-refractivity contribution in [1.29, 1.82) is 0 Å². The van der Waals surface area contributed by atoms with E-state index in [1.807, 2.05) is 6.92 Å². The Labute approximate surface area is 90.2 Å². The van der Waals surface area contributed by atoms with Crippen molar-refractivity contribution in [2.75, 3.05) is 5.73 Å². The summed E-state index contributed by atoms with van der Waals surface area (Å²) in [6.45, 7) is 5.88. The summed E-state index contributed by atoms with van der Waals surface area (Å²) >= 11 is 0. The maximum Gasteiger partial charge on any atom is 0.156 e. The lowest BCUT2D eigenvalue weighted by Crippen LogP contribution is -2.16. The zero-order valence-corrected chi connectivity index (χ0v) is 10.1. The Morgan fingerprint density at radius 1 is 1.53 bits per heavy atom. The number of hydrogen-bond donors (Lipinski definition) is 1. The summed E-state index contributed by atoms with van der Waals surface area (Å²) in [7, 11) is -3.10. The summed E-state index contributed by atoms with van der Waals surface area (Å²) in [5.74, 6) is 0.415. The zero-order chi connectivity index (χ0) is 11.6. The van der Waals surface area contributed by atoms with Crippen LogP contribution in [0, 0.1) is 0 Å². The highest BCUT2D eigenvalue weighted by atomic mass is 32.2. The van der Waals surface area contributed by atoms with Gasteiger partial charge in [-0.25, -0.2) is 8.42 Å². The number of rotatable bonds is 4. The average molecular weight is 231 g/mol. The van der Waals surface area contributed by atoms with E-state index >= 15 is 0 Å². The molecule has 0 atom stereocenters. The van der Waals surface area contributed by atoms with Gasteiger partial charge in [0, 0.05) is 12.1 Å². The molecule has 0 saturated heterocycles. The third-order valence-corrected chi connectivity index (χ3v) is 4.48. The van der Waals surface area contributed by atoms with Crippen LogP contribution in [0.5, 0.6) is 0 Å². The fourth-order valence-electron chi connectivity index (χ4n) is 1.18. The van der Waals surface area contributed by atoms with E-state index in [1.54, 1.807) is 18.5 Å². The maximum absolute atomic E-state index is 11.7. The Balaban J connectivity index is 2.96. The molecule has 0 aromatic carbocycles. The molecule has 1 heterocycles. The molecule has 0 aliphatic carbocycles. The SMILES string of the molecule is CCn1ncc(CS(=O)(=O)C(C)C)c1N. The first kappa shape index (κ1) is 12.0. The number of aromatic nitrogens is 2. The first-order valence-electron chi connectivity index (χ1n) is 4.90. The molecule has 0 aliphatic rings. The highest BCUT2D eigenvalue weighted by Crippen LogP contribution is 2.16. The number of nitrogen functional groups attached to an aromatic ring is 1. The van der Waals surface area contributed by atoms with Gasteiger partial charge in [-0.1, -0.05) is 0 Å². The van der Waals surface area contributed by atoms with Gasteiger partial charge in [-0.05, 0) is 20.8 Å². The first-order valence-corrected chi connectivity index (χ1v) is 6.61. The minimum Gasteiger partial charge on any atom is -0.384 e. The molecule has 1 aromatic rings. The Bertz CT molecular complexity index is 434. The lowest BCUT2D eigenvalue weighted by atomic mass is 10.4. The summed E-state index contributed by atoms with van der Waals surface area (Å²) < 4.78 is 24.9. The fourth-order valence-corrected chi connectivity index (χ4v) is 2.17. The van der Waals surface area contributed by atoms with Crippen molar-refractivity contribution >= 4 is 15.7 Å². The lowest BCUT2D eigenvalue weighted by molar-refractivity contribution is 0.586. The van der Waals surface area contributed by atoms with Crippen molar-refractivity contribution < 1.29 is 8.42 Å². The highest BCUT2D eigenvalue weighted by molar-refractivity contribution is 7.91. The predicted octanol–water partition coefficient (Wildman–Crippen LogP) is 0.808. The molecule has 0 fully saturated rings. The minimum absolute atomic E-state index is 0.0312. The standard InChI is InChI=1S/C9H17N3O2S/c1-4-12-9(10)8(5-11-12)6-15(13,14)7(2)3/h5,7H,4,6,10H2,1-3H3. The van der Waals surface area contributed by atoms with Crippen molar-refractivity contribution in [3.63, 3.8) is 0 Å². The molecule has 15 heavy (non-hydrogen) atoms. The van der Waals surface area contributed by atoms with Gasteiger partial charge in [-0.3, -0.25) is 4.68 Å². The molecule has 0 unspecified atom stereocenters. The average Bonchev–Trinajstić information content (AvgIpc) is 2.47. The Hall–Kier alpha value is -1.04. The van der Waals surface area contributed by atoms with E-state index in [9.17, 15) is 8.42 Å². The summed E-state index contributed by atoms with van der Waals surface area (Å²) in [4.78, 5) is 0. The number of nitrogens with zero attached hydrogens (tertiary/aromatic N) is 2. The lowest BCUT2D eigenvalue weighted by Gasteiger charge is -2.07. The first-order chi connectivity index (χ1) is 6.88. The van der Waals surface area contributed by atoms with Gasteiger partial charge >= 0.3 is 0 Å². The number of hydrogen-bond acceptors (Lipinski definition) is 4. The van der Waals surface area contributed by atoms with Crippen LogP contribution in [0.3, 0.4) is 0 Å². The molecule has 2 N–H and O–H groups in total. The smallest absolute Gasteiger partial charge is 0.156 e. The summed E-state index contributed by atoms with van der Waals surface area (Å²) in [5.41, 5.74) is 6.35. The van der Waals surface area contributed by atoms with Crippen LogP contribution in [0.1, 0.15) is 26.3 Å². The molecule has 1 rings (SSSR count). The summed E-state index contributed by atoms with van der Waals surface area (Å²) in [6.07, 6.45) is 1.53. The number of nitrogens with two attached hydrogens (primary N) is 1. The van der Waals surface area contributed by atoms with E-state index in [0.29, 0.717) is 17.9 Å². The highest BCUT2D eigenvalue weighted by Gasteiger charge is 2.19. The van der Waals surface area contributed by atoms with E-state index in [-0.39, 0.29) is 11.0 Å². The monoisotopic (exact) mass is 231 g/mol. The van der Waals surface area contributed by atoms with Crippen molar-refractivity contribution in [3.05, 3.63) is 11.8 Å². The van der Waals surface area contributed by atoms with Gasteiger partial charge in [-0.15, -0.1) is 0 Å². The van der Waals surface area contributed by atoms with E-state index in [4.69, 9.17) is 5.73 Å². The van der Waals surface area contributed by atoms with Crippen LogP contribution in [0.15, 0.2) is 6.20 Å². The summed E-state index contributed by atoms with van der Waals surface area (Å²) in [6, 6.07) is 0. The van der Waals surface area contributed by atoms with E-state index in [1.165, 1.54) is 6.20 Å². The normalized spacial score (nSPS) is 12.3. The van der Waals surface area contributed by atoms with Crippen LogP contribution in [0.2, 0.25) is 0 Å². The maximum atomic E-state index is 11.7. The molecular weight excluding hydrogens is 214 g/mol. The second-order valence-electron chi connectivity index (χ2n) is 3.73. The quantitative estimate of drug-likeness (QED) is 0.831. The van der Waals surface area contributed by atoms with Crippen LogP contribution in [0.25, 0.3) is 0 Å². The van der Waals surface area contributed by atoms with Crippen LogP contribution >= 0.6 is 0 Å². The van der Waals surface area contributed by atoms with Crippen LogP contribution in [-0.2, 0) is 22.1 Å². The third kappa shape index (κ3) is 2.50. The van der Waals surface area contributed by atoms with Crippen molar-refractivity contribution in [3.8, 4) is 0 Å². The van der Waals surface area contributed by atoms with E-state index in [0.717, 1.165) is 0 Å². The zero-order valence-electron chi connectivity index (χ0n) is 9.27. The fraction of sp³-hybridized carbons (Fsp3) is 0.667. The Kier molecular flexibility index (Phi) is 3.38. The van der Waals surface area contributed by atoms with Crippen molar-refractivity contribution in [1.82, 2.24) is 9.78 Å². The second-order valence-corrected chi connectivity index (χ2v) is 6.28. The van der Waals surface area contributed by atoms with Gasteiger partial charge in [0.05, 0.1) is 17.2 Å². The predicted molar refractivity (Wildman–Crippen MR) is 60.1 cm³/mol. The number of anilines is 1. The molecule has 1 aromatic heterocycles. The Morgan fingerprint density at radius 3 is 2.53 bits per heavy atom. The van der Waals surface area contributed by atoms with Crippen LogP contribution < -0.4 is 5.73 Å². The molecule has 0 spiro atoms. The Morgan fingerprint density at radius 2 is 2.13 bits per heavy atom. The topological polar surface area (TPSA) is 78.0 Å². The molecule has 0 aliphatic heterocycles. The van der Waals surface area contributed by atoms with Gasteiger partial charge < -0.3 is 5.73 Å². The van der Waals surface area contributed by atoms with Gasteiger partial charge in [0.1, 0.15) is 5.82 Å². The molecule has 0 radical (unpaired) electrons. The molecule has 86 valence electrons. The largest absolute Gasteiger partial charge is 0.384 e. The number of aryl methyl sites for hydroxylation is 1. The molecule has 0 amide bonds. The van der Waals surface area contributed by atoms with E-state index in [2.05, 4.69) is 5.10 Å². The van der Waals surface area contributed by atoms with Gasteiger partial charge in [-0.2, -0.15) is 5.10 Å². The van der Waals surface area contributed by atoms with Crippen molar-refractivity contribution in [2.45, 2.75) is 38.3 Å². The molecule has 6 heteroatoms. The van der Waals surface area contributed by atoms with Gasteiger partial charge in [0.2, 0.25) is 0 Å². The van der Waals surface area contributed by atoms with E-state index < -0.39 is 9.84 Å². The molecular formula is C9H17N3O2S. The van der Waals surface area contributed by atoms with Gasteiger partial charge in [0.25, 0.3) is 0 Å². The van der Waals surface area contributed by atoms with Crippen LogP contribution in [-0.4, -0.2) is 23.4 Å². The van der Waals surface area contributed by atoms with Gasteiger partial charge in [0.15, 0.2) is 9.84 Å².